The summed E-state index contributed by atoms with van der Waals surface area (Å²) in [5.41, 5.74) is 1.96. The Bertz CT molecular complexity index is 1020. The summed E-state index contributed by atoms with van der Waals surface area (Å²) in [4.78, 5) is 26.6. The highest BCUT2D eigenvalue weighted by molar-refractivity contribution is 14.1. The number of amides is 2. The smallest absolute Gasteiger partial charge is 0.293 e. The zero-order valence-corrected chi connectivity index (χ0v) is 21.1. The number of aryl methyl sites for hydroxylation is 1. The van der Waals surface area contributed by atoms with Gasteiger partial charge in [0.25, 0.3) is 11.1 Å². The number of hydrogen-bond acceptors (Lipinski definition) is 5. The van der Waals surface area contributed by atoms with Crippen LogP contribution in [0.1, 0.15) is 11.1 Å². The molecule has 0 unspecified atom stereocenters. The number of imide groups is 1. The van der Waals surface area contributed by atoms with E-state index in [1.807, 2.05) is 43.3 Å². The van der Waals surface area contributed by atoms with Gasteiger partial charge in [0.05, 0.1) is 18.6 Å². The lowest BCUT2D eigenvalue weighted by Gasteiger charge is -2.13. The molecule has 2 aromatic rings. The Morgan fingerprint density at radius 3 is 2.43 bits per heavy atom. The number of benzene rings is 2. The molecule has 0 N–H and O–H groups in total. The van der Waals surface area contributed by atoms with E-state index in [1.165, 1.54) is 4.90 Å². The van der Waals surface area contributed by atoms with Crippen LogP contribution in [0, 0.1) is 26.4 Å². The first-order valence-corrected chi connectivity index (χ1v) is 11.9. The molecule has 1 heterocycles. The number of halogens is 2. The first-order chi connectivity index (χ1) is 14.4. The third-order valence-electron chi connectivity index (χ3n) is 4.10. The molecule has 1 fully saturated rings. The number of hydrogen-bond donors (Lipinski definition) is 0. The highest BCUT2D eigenvalue weighted by atomic mass is 127. The maximum Gasteiger partial charge on any atom is 0.293 e. The molecule has 0 aromatic heterocycles. The van der Waals surface area contributed by atoms with E-state index in [1.54, 1.807) is 6.08 Å². The van der Waals surface area contributed by atoms with Crippen LogP contribution in [0.4, 0.5) is 4.79 Å². The van der Waals surface area contributed by atoms with E-state index in [4.69, 9.17) is 15.9 Å². The minimum atomic E-state index is -0.310. The lowest BCUT2D eigenvalue weighted by molar-refractivity contribution is -0.123. The van der Waals surface area contributed by atoms with E-state index in [0.717, 1.165) is 30.0 Å². The molecule has 0 atom stereocenters. The summed E-state index contributed by atoms with van der Waals surface area (Å²) < 4.78 is 13.0. The van der Waals surface area contributed by atoms with Crippen molar-refractivity contribution in [2.75, 3.05) is 19.8 Å². The molecule has 0 aliphatic carbocycles. The molecule has 0 bridgehead atoms. The second-order valence-electron chi connectivity index (χ2n) is 6.30. The quantitative estimate of drug-likeness (QED) is 0.232. The number of ether oxygens (including phenoxy) is 2. The van der Waals surface area contributed by atoms with Crippen LogP contribution in [0.15, 0.2) is 41.3 Å². The van der Waals surface area contributed by atoms with Crippen LogP contribution in [0.5, 0.6) is 11.5 Å². The van der Waals surface area contributed by atoms with E-state index in [9.17, 15) is 9.59 Å². The molecule has 1 saturated heterocycles. The second kappa shape index (κ2) is 10.5. The Hall–Kier alpha value is -1.71. The Kier molecular flexibility index (Phi) is 8.07. The molecule has 1 aliphatic heterocycles. The fourth-order valence-electron chi connectivity index (χ4n) is 2.65. The van der Waals surface area contributed by atoms with Gasteiger partial charge in [0.1, 0.15) is 24.7 Å². The fraction of sp³-hybridized carbons (Fsp3) is 0.182. The Balaban J connectivity index is 1.67. The minimum Gasteiger partial charge on any atom is -0.492 e. The summed E-state index contributed by atoms with van der Waals surface area (Å²) in [6.07, 6.45) is 6.98. The Morgan fingerprint density at radius 1 is 1.13 bits per heavy atom. The van der Waals surface area contributed by atoms with Crippen LogP contribution in [0.2, 0.25) is 0 Å². The van der Waals surface area contributed by atoms with Gasteiger partial charge in [-0.2, -0.15) is 0 Å². The van der Waals surface area contributed by atoms with E-state index in [-0.39, 0.29) is 30.9 Å². The van der Waals surface area contributed by atoms with E-state index >= 15 is 0 Å². The zero-order chi connectivity index (χ0) is 21.7. The normalized spacial score (nSPS) is 14.9. The third kappa shape index (κ3) is 5.70. The monoisotopic (exact) mass is 645 g/mol. The number of carbonyl (C=O) groups is 2. The fourth-order valence-corrected chi connectivity index (χ4v) is 5.64. The molecule has 154 valence electrons. The summed E-state index contributed by atoms with van der Waals surface area (Å²) in [6, 6.07) is 11.4. The van der Waals surface area contributed by atoms with Gasteiger partial charge in [0, 0.05) is 0 Å². The first-order valence-electron chi connectivity index (χ1n) is 8.89. The number of thioether (sulfide) groups is 1. The van der Waals surface area contributed by atoms with Crippen molar-refractivity contribution < 1.29 is 19.1 Å². The van der Waals surface area contributed by atoms with E-state index in [0.29, 0.717) is 16.4 Å². The summed E-state index contributed by atoms with van der Waals surface area (Å²) in [5.74, 6) is 3.56. The van der Waals surface area contributed by atoms with E-state index < -0.39 is 0 Å². The van der Waals surface area contributed by atoms with Crippen LogP contribution in [0.3, 0.4) is 0 Å². The van der Waals surface area contributed by atoms with Crippen molar-refractivity contribution in [2.24, 2.45) is 0 Å². The van der Waals surface area contributed by atoms with Gasteiger partial charge in [-0.15, -0.1) is 6.42 Å². The molecule has 0 saturated carbocycles. The molecule has 1 aliphatic rings. The summed E-state index contributed by atoms with van der Waals surface area (Å²) in [7, 11) is 0. The van der Waals surface area contributed by atoms with Gasteiger partial charge in [-0.1, -0.05) is 23.6 Å². The Labute approximate surface area is 206 Å². The van der Waals surface area contributed by atoms with Gasteiger partial charge in [-0.3, -0.25) is 14.5 Å². The number of nitrogens with zero attached hydrogens (tertiary/aromatic N) is 1. The van der Waals surface area contributed by atoms with Crippen molar-refractivity contribution in [1.82, 2.24) is 4.90 Å². The van der Waals surface area contributed by atoms with Crippen molar-refractivity contribution in [2.45, 2.75) is 6.92 Å². The van der Waals surface area contributed by atoms with Crippen LogP contribution in [-0.4, -0.2) is 35.8 Å². The van der Waals surface area contributed by atoms with Gasteiger partial charge >= 0.3 is 0 Å². The number of carbonyl (C=O) groups excluding carboxylic acids is 2. The van der Waals surface area contributed by atoms with Crippen LogP contribution in [0.25, 0.3) is 6.08 Å². The minimum absolute atomic E-state index is 0.189. The lowest BCUT2D eigenvalue weighted by atomic mass is 10.2. The molecular weight excluding hydrogens is 628 g/mol. The SMILES string of the molecule is C#CCOc1c(I)cc(/C=C2\SC(=O)N(CCOc3ccc(C)cc3)C2=O)cc1I. The molecule has 0 radical (unpaired) electrons. The van der Waals surface area contributed by atoms with Gasteiger partial charge in [-0.25, -0.2) is 0 Å². The maximum absolute atomic E-state index is 12.7. The molecule has 5 nitrogen and oxygen atoms in total. The van der Waals surface area contributed by atoms with Crippen molar-refractivity contribution in [1.29, 1.82) is 0 Å². The molecule has 8 heteroatoms. The van der Waals surface area contributed by atoms with Crippen LogP contribution in [-0.2, 0) is 4.79 Å². The molecular formula is C22H17I2NO4S. The Morgan fingerprint density at radius 2 is 1.80 bits per heavy atom. The average Bonchev–Trinajstić information content (AvgIpc) is 2.96. The van der Waals surface area contributed by atoms with Crippen LogP contribution >= 0.6 is 56.9 Å². The van der Waals surface area contributed by atoms with Gasteiger partial charge < -0.3 is 9.47 Å². The highest BCUT2D eigenvalue weighted by Gasteiger charge is 2.34. The third-order valence-corrected chi connectivity index (χ3v) is 6.61. The predicted molar refractivity (Wildman–Crippen MR) is 136 cm³/mol. The van der Waals surface area contributed by atoms with Crippen molar-refractivity contribution >= 4 is 74.2 Å². The summed E-state index contributed by atoms with van der Waals surface area (Å²) >= 11 is 5.26. The van der Waals surface area contributed by atoms with Crippen molar-refractivity contribution in [3.05, 3.63) is 59.6 Å². The van der Waals surface area contributed by atoms with Crippen molar-refractivity contribution in [3.8, 4) is 23.8 Å². The predicted octanol–water partition coefficient (Wildman–Crippen LogP) is 5.33. The maximum atomic E-state index is 12.7. The largest absolute Gasteiger partial charge is 0.492 e. The average molecular weight is 645 g/mol. The second-order valence-corrected chi connectivity index (χ2v) is 9.62. The molecule has 3 rings (SSSR count). The number of terminal acetylenes is 1. The molecule has 0 spiro atoms. The standard InChI is InChI=1S/C22H17I2NO4S/c1-3-9-29-20-17(23)11-15(12-18(20)24)13-19-21(26)25(22(27)30-19)8-10-28-16-6-4-14(2)5-7-16/h1,4-7,11-13H,8-10H2,2H3/b19-13-. The summed E-state index contributed by atoms with van der Waals surface area (Å²) in [6.45, 7) is 2.63. The van der Waals surface area contributed by atoms with Gasteiger partial charge in [-0.05, 0) is 99.8 Å². The summed E-state index contributed by atoms with van der Waals surface area (Å²) in [5, 5.41) is -0.294. The number of rotatable bonds is 7. The van der Waals surface area contributed by atoms with Gasteiger partial charge in [0.15, 0.2) is 0 Å². The van der Waals surface area contributed by atoms with E-state index in [2.05, 4.69) is 51.1 Å². The van der Waals surface area contributed by atoms with Crippen molar-refractivity contribution in [3.63, 3.8) is 0 Å². The van der Waals surface area contributed by atoms with Crippen LogP contribution < -0.4 is 9.47 Å². The zero-order valence-electron chi connectivity index (χ0n) is 16.0. The molecule has 2 aromatic carbocycles. The molecule has 2 amide bonds. The first kappa shape index (κ1) is 23.0. The topological polar surface area (TPSA) is 55.8 Å². The molecule has 30 heavy (non-hydrogen) atoms. The van der Waals surface area contributed by atoms with Gasteiger partial charge in [0.2, 0.25) is 0 Å². The highest BCUT2D eigenvalue weighted by Crippen LogP contribution is 2.34. The lowest BCUT2D eigenvalue weighted by Crippen LogP contribution is -2.32.